The van der Waals surface area contributed by atoms with Gasteiger partial charge in [0.25, 0.3) is 5.91 Å². The van der Waals surface area contributed by atoms with Crippen molar-refractivity contribution in [3.63, 3.8) is 0 Å². The number of nitrogens with one attached hydrogen (secondary N) is 1. The van der Waals surface area contributed by atoms with Gasteiger partial charge in [-0.3, -0.25) is 9.59 Å². The fourth-order valence-corrected chi connectivity index (χ4v) is 3.86. The van der Waals surface area contributed by atoms with Crippen LogP contribution in [0.2, 0.25) is 10.0 Å². The van der Waals surface area contributed by atoms with Gasteiger partial charge in [-0.1, -0.05) is 35.3 Å². The molecule has 0 aliphatic carbocycles. The van der Waals surface area contributed by atoms with Gasteiger partial charge in [0.15, 0.2) is 0 Å². The number of anilines is 1. The van der Waals surface area contributed by atoms with Gasteiger partial charge in [-0.05, 0) is 44.2 Å². The van der Waals surface area contributed by atoms with E-state index in [0.29, 0.717) is 39.3 Å². The number of rotatable bonds is 7. The molecule has 0 fully saturated rings. The Morgan fingerprint density at radius 2 is 1.65 bits per heavy atom. The van der Waals surface area contributed by atoms with Crippen LogP contribution in [0, 0.1) is 0 Å². The molecule has 138 valence electrons. The summed E-state index contributed by atoms with van der Waals surface area (Å²) in [5, 5.41) is 3.84. The van der Waals surface area contributed by atoms with E-state index in [1.165, 1.54) is 11.8 Å². The Balaban J connectivity index is 2.01. The monoisotopic (exact) mass is 410 g/mol. The molecule has 0 bridgehead atoms. The first-order valence-corrected chi connectivity index (χ1v) is 9.96. The highest BCUT2D eigenvalue weighted by atomic mass is 35.5. The van der Waals surface area contributed by atoms with Crippen LogP contribution in [0.3, 0.4) is 0 Å². The zero-order valence-corrected chi connectivity index (χ0v) is 16.9. The maximum absolute atomic E-state index is 12.4. The van der Waals surface area contributed by atoms with E-state index in [2.05, 4.69) is 5.32 Å². The van der Waals surface area contributed by atoms with Crippen LogP contribution < -0.4 is 5.32 Å². The number of hydrogen-bond donors (Lipinski definition) is 1. The highest BCUT2D eigenvalue weighted by Crippen LogP contribution is 2.33. The summed E-state index contributed by atoms with van der Waals surface area (Å²) in [4.78, 5) is 27.0. The zero-order valence-electron chi connectivity index (χ0n) is 14.6. The molecule has 0 radical (unpaired) electrons. The standard InChI is InChI=1S/C19H20Cl2N2O2S/c1-3-23(4-2)19(25)13-7-5-8-14(11-13)22-17(24)12-26-18-15(20)9-6-10-16(18)21/h5-11H,3-4,12H2,1-2H3,(H,22,24). The number of nitrogens with zero attached hydrogens (tertiary/aromatic N) is 1. The second-order valence-corrected chi connectivity index (χ2v) is 7.25. The van der Waals surface area contributed by atoms with Crippen LogP contribution in [-0.4, -0.2) is 35.6 Å². The van der Waals surface area contributed by atoms with Gasteiger partial charge in [-0.2, -0.15) is 0 Å². The third-order valence-corrected chi connectivity index (χ3v) is 5.70. The van der Waals surface area contributed by atoms with E-state index in [9.17, 15) is 9.59 Å². The summed E-state index contributed by atoms with van der Waals surface area (Å²) >= 11 is 13.5. The van der Waals surface area contributed by atoms with Crippen molar-refractivity contribution in [2.24, 2.45) is 0 Å². The molecule has 0 spiro atoms. The van der Waals surface area contributed by atoms with Gasteiger partial charge in [-0.25, -0.2) is 0 Å². The summed E-state index contributed by atoms with van der Waals surface area (Å²) in [5.41, 5.74) is 1.13. The Hall–Kier alpha value is -1.69. The summed E-state index contributed by atoms with van der Waals surface area (Å²) in [6.45, 7) is 5.15. The number of carbonyl (C=O) groups excluding carboxylic acids is 2. The average Bonchev–Trinajstić information content (AvgIpc) is 2.62. The van der Waals surface area contributed by atoms with Crippen LogP contribution in [0.15, 0.2) is 47.4 Å². The molecular weight excluding hydrogens is 391 g/mol. The van der Waals surface area contributed by atoms with Crippen molar-refractivity contribution in [2.75, 3.05) is 24.2 Å². The largest absolute Gasteiger partial charge is 0.339 e. The van der Waals surface area contributed by atoms with Crippen molar-refractivity contribution in [1.29, 1.82) is 0 Å². The molecule has 7 heteroatoms. The number of hydrogen-bond acceptors (Lipinski definition) is 3. The first-order chi connectivity index (χ1) is 12.5. The lowest BCUT2D eigenvalue weighted by atomic mass is 10.1. The Morgan fingerprint density at radius 3 is 2.27 bits per heavy atom. The van der Waals surface area contributed by atoms with Crippen molar-refractivity contribution in [3.8, 4) is 0 Å². The lowest BCUT2D eigenvalue weighted by Gasteiger charge is -2.19. The van der Waals surface area contributed by atoms with Crippen LogP contribution in [0.25, 0.3) is 0 Å². The predicted octanol–water partition coefficient (Wildman–Crippen LogP) is 5.21. The fourth-order valence-electron chi connectivity index (χ4n) is 2.38. The Bertz CT molecular complexity index is 775. The molecule has 26 heavy (non-hydrogen) atoms. The van der Waals surface area contributed by atoms with E-state index in [4.69, 9.17) is 23.2 Å². The molecule has 2 aromatic carbocycles. The molecule has 0 aliphatic rings. The molecule has 0 heterocycles. The van der Waals surface area contributed by atoms with E-state index in [1.807, 2.05) is 13.8 Å². The molecule has 0 saturated heterocycles. The van der Waals surface area contributed by atoms with Gasteiger partial charge in [0.2, 0.25) is 5.91 Å². The molecule has 2 rings (SSSR count). The van der Waals surface area contributed by atoms with Gasteiger partial charge in [0.1, 0.15) is 0 Å². The van der Waals surface area contributed by atoms with Crippen LogP contribution in [0.4, 0.5) is 5.69 Å². The Labute approximate surface area is 167 Å². The summed E-state index contributed by atoms with van der Waals surface area (Å²) in [6.07, 6.45) is 0. The Morgan fingerprint density at radius 1 is 1.04 bits per heavy atom. The topological polar surface area (TPSA) is 49.4 Å². The number of carbonyl (C=O) groups is 2. The summed E-state index contributed by atoms with van der Waals surface area (Å²) in [6, 6.07) is 12.2. The third-order valence-electron chi connectivity index (χ3n) is 3.71. The number of thioether (sulfide) groups is 1. The van der Waals surface area contributed by atoms with Crippen molar-refractivity contribution in [3.05, 3.63) is 58.1 Å². The minimum atomic E-state index is -0.196. The third kappa shape index (κ3) is 5.40. The quantitative estimate of drug-likeness (QED) is 0.637. The SMILES string of the molecule is CCN(CC)C(=O)c1cccc(NC(=O)CSc2c(Cl)cccc2Cl)c1. The lowest BCUT2D eigenvalue weighted by molar-refractivity contribution is -0.113. The highest BCUT2D eigenvalue weighted by Gasteiger charge is 2.14. The van der Waals surface area contributed by atoms with E-state index >= 15 is 0 Å². The molecule has 0 aliphatic heterocycles. The van der Waals surface area contributed by atoms with Crippen molar-refractivity contribution in [1.82, 2.24) is 4.90 Å². The van der Waals surface area contributed by atoms with Gasteiger partial charge in [-0.15, -0.1) is 11.8 Å². The molecule has 1 N–H and O–H groups in total. The van der Waals surface area contributed by atoms with E-state index < -0.39 is 0 Å². The maximum Gasteiger partial charge on any atom is 0.253 e. The van der Waals surface area contributed by atoms with Gasteiger partial charge < -0.3 is 10.2 Å². The zero-order chi connectivity index (χ0) is 19.1. The molecular formula is C19H20Cl2N2O2S. The average molecular weight is 411 g/mol. The molecule has 0 saturated carbocycles. The minimum Gasteiger partial charge on any atom is -0.339 e. The number of benzene rings is 2. The van der Waals surface area contributed by atoms with Crippen molar-refractivity contribution in [2.45, 2.75) is 18.7 Å². The second-order valence-electron chi connectivity index (χ2n) is 5.45. The second kappa shape index (κ2) is 9.86. The summed E-state index contributed by atoms with van der Waals surface area (Å²) in [7, 11) is 0. The van der Waals surface area contributed by atoms with Crippen molar-refractivity contribution >= 4 is 52.5 Å². The lowest BCUT2D eigenvalue weighted by Crippen LogP contribution is -2.30. The van der Waals surface area contributed by atoms with Crippen LogP contribution >= 0.6 is 35.0 Å². The molecule has 0 unspecified atom stereocenters. The fraction of sp³-hybridized carbons (Fsp3) is 0.263. The Kier molecular flexibility index (Phi) is 7.82. The number of halogens is 2. The molecule has 0 aromatic heterocycles. The van der Waals surface area contributed by atoms with Gasteiger partial charge in [0.05, 0.1) is 15.8 Å². The predicted molar refractivity (Wildman–Crippen MR) is 110 cm³/mol. The van der Waals surface area contributed by atoms with Crippen LogP contribution in [-0.2, 0) is 4.79 Å². The van der Waals surface area contributed by atoms with E-state index in [0.717, 1.165) is 0 Å². The normalized spacial score (nSPS) is 10.5. The van der Waals surface area contributed by atoms with Gasteiger partial charge >= 0.3 is 0 Å². The first kappa shape index (κ1) is 20.6. The summed E-state index contributed by atoms with van der Waals surface area (Å²) in [5.74, 6) is -0.0840. The van der Waals surface area contributed by atoms with Gasteiger partial charge in [0, 0.05) is 29.2 Å². The van der Waals surface area contributed by atoms with Crippen LogP contribution in [0.1, 0.15) is 24.2 Å². The van der Waals surface area contributed by atoms with E-state index in [-0.39, 0.29) is 17.6 Å². The molecule has 2 aromatic rings. The smallest absolute Gasteiger partial charge is 0.253 e. The molecule has 0 atom stereocenters. The summed E-state index contributed by atoms with van der Waals surface area (Å²) < 4.78 is 0. The molecule has 2 amide bonds. The highest BCUT2D eigenvalue weighted by molar-refractivity contribution is 8.00. The molecule has 4 nitrogen and oxygen atoms in total. The maximum atomic E-state index is 12.4. The van der Waals surface area contributed by atoms with Crippen LogP contribution in [0.5, 0.6) is 0 Å². The first-order valence-electron chi connectivity index (χ1n) is 8.22. The minimum absolute atomic E-state index is 0.0525. The van der Waals surface area contributed by atoms with Crippen molar-refractivity contribution < 1.29 is 9.59 Å². The van der Waals surface area contributed by atoms with E-state index in [1.54, 1.807) is 47.4 Å². The number of amides is 2.